The van der Waals surface area contributed by atoms with E-state index in [1.54, 1.807) is 19.2 Å². The van der Waals surface area contributed by atoms with E-state index in [-0.39, 0.29) is 6.10 Å². The second-order valence-corrected chi connectivity index (χ2v) is 6.83. The molecular formula is C15H17Cl2N3O2S. The molecule has 0 spiro atoms. The summed E-state index contributed by atoms with van der Waals surface area (Å²) in [6, 6.07) is 5.34. The Morgan fingerprint density at radius 2 is 2.22 bits per heavy atom. The molecule has 1 fully saturated rings. The molecule has 0 amide bonds. The average Bonchev–Trinajstić information content (AvgIpc) is 3.18. The minimum Gasteiger partial charge on any atom is -0.488 e. The zero-order valence-electron chi connectivity index (χ0n) is 12.7. The Labute approximate surface area is 149 Å². The van der Waals surface area contributed by atoms with E-state index in [0.29, 0.717) is 16.7 Å². The van der Waals surface area contributed by atoms with Gasteiger partial charge in [-0.3, -0.25) is 0 Å². The molecule has 0 saturated carbocycles. The number of ether oxygens (including phenoxy) is 2. The highest BCUT2D eigenvalue weighted by Crippen LogP contribution is 2.29. The Bertz CT molecular complexity index is 668. The molecule has 1 atom stereocenters. The number of benzene rings is 1. The van der Waals surface area contributed by atoms with Gasteiger partial charge in [-0.05, 0) is 12.1 Å². The van der Waals surface area contributed by atoms with Gasteiger partial charge in [0.15, 0.2) is 0 Å². The van der Waals surface area contributed by atoms with Crippen LogP contribution >= 0.6 is 34.7 Å². The Hall–Kier alpha value is -1.08. The fourth-order valence-corrected chi connectivity index (χ4v) is 3.44. The Balaban J connectivity index is 1.57. The predicted molar refractivity (Wildman–Crippen MR) is 93.2 cm³/mol. The van der Waals surface area contributed by atoms with Crippen LogP contribution in [0.5, 0.6) is 5.75 Å². The molecule has 3 rings (SSSR count). The lowest BCUT2D eigenvalue weighted by Crippen LogP contribution is -2.24. The third-order valence-electron chi connectivity index (χ3n) is 3.60. The van der Waals surface area contributed by atoms with E-state index in [1.807, 2.05) is 6.07 Å². The Kier molecular flexibility index (Phi) is 5.58. The molecule has 1 unspecified atom stereocenters. The first-order valence-electron chi connectivity index (χ1n) is 7.34. The number of methoxy groups -OCH3 is 1. The predicted octanol–water partition coefficient (Wildman–Crippen LogP) is 3.69. The first-order valence-corrected chi connectivity index (χ1v) is 8.87. The molecule has 1 aromatic carbocycles. The summed E-state index contributed by atoms with van der Waals surface area (Å²) in [5.41, 5.74) is 0. The van der Waals surface area contributed by atoms with Crippen LogP contribution in [-0.4, -0.2) is 42.3 Å². The lowest BCUT2D eigenvalue weighted by molar-refractivity contribution is 0.201. The number of hydrogen-bond acceptors (Lipinski definition) is 6. The molecule has 8 heteroatoms. The maximum atomic E-state index is 6.02. The van der Waals surface area contributed by atoms with E-state index >= 15 is 0 Å². The first-order chi connectivity index (χ1) is 11.2. The maximum Gasteiger partial charge on any atom is 0.205 e. The van der Waals surface area contributed by atoms with Crippen LogP contribution in [-0.2, 0) is 11.2 Å². The van der Waals surface area contributed by atoms with Crippen molar-refractivity contribution in [2.75, 3.05) is 31.7 Å². The minimum absolute atomic E-state index is 0.110. The van der Waals surface area contributed by atoms with E-state index in [0.717, 1.165) is 42.6 Å². The van der Waals surface area contributed by atoms with Crippen LogP contribution < -0.4 is 9.64 Å². The van der Waals surface area contributed by atoms with Gasteiger partial charge in [0.1, 0.15) is 17.7 Å². The molecule has 1 aromatic heterocycles. The van der Waals surface area contributed by atoms with E-state index < -0.39 is 0 Å². The topological polar surface area (TPSA) is 47.5 Å². The van der Waals surface area contributed by atoms with Gasteiger partial charge < -0.3 is 14.4 Å². The van der Waals surface area contributed by atoms with Gasteiger partial charge in [0.2, 0.25) is 5.13 Å². The van der Waals surface area contributed by atoms with Crippen molar-refractivity contribution >= 4 is 39.9 Å². The molecule has 5 nitrogen and oxygen atoms in total. The molecular weight excluding hydrogens is 357 g/mol. The van der Waals surface area contributed by atoms with Gasteiger partial charge >= 0.3 is 0 Å². The fraction of sp³-hybridized carbons (Fsp3) is 0.467. The standard InChI is InChI=1S/C15H17Cl2N3O2S/c1-21-7-5-14-18-15(23-19-14)20-6-4-11(9-20)22-10-2-3-12(16)13(17)8-10/h2-3,8,11H,4-7,9H2,1H3. The molecule has 1 saturated heterocycles. The minimum atomic E-state index is 0.110. The van der Waals surface area contributed by atoms with Crippen LogP contribution in [0.25, 0.3) is 0 Å². The second-order valence-electron chi connectivity index (χ2n) is 5.29. The zero-order valence-corrected chi connectivity index (χ0v) is 15.0. The summed E-state index contributed by atoms with van der Waals surface area (Å²) in [7, 11) is 1.68. The Morgan fingerprint density at radius 3 is 3.00 bits per heavy atom. The van der Waals surface area contributed by atoms with Crippen molar-refractivity contribution in [1.82, 2.24) is 9.36 Å². The fourth-order valence-electron chi connectivity index (χ4n) is 2.41. The molecule has 2 aromatic rings. The largest absolute Gasteiger partial charge is 0.488 e. The smallest absolute Gasteiger partial charge is 0.205 e. The van der Waals surface area contributed by atoms with Crippen molar-refractivity contribution in [2.45, 2.75) is 18.9 Å². The number of anilines is 1. The van der Waals surface area contributed by atoms with Crippen LogP contribution in [0.15, 0.2) is 18.2 Å². The van der Waals surface area contributed by atoms with Crippen LogP contribution in [0.2, 0.25) is 10.0 Å². The van der Waals surface area contributed by atoms with Crippen LogP contribution in [0.3, 0.4) is 0 Å². The number of rotatable bonds is 6. The third kappa shape index (κ3) is 4.26. The van der Waals surface area contributed by atoms with E-state index in [1.165, 1.54) is 11.5 Å². The second kappa shape index (κ2) is 7.66. The first kappa shape index (κ1) is 16.8. The lowest BCUT2D eigenvalue weighted by Gasteiger charge is -2.16. The number of nitrogens with zero attached hydrogens (tertiary/aromatic N) is 3. The molecule has 0 aliphatic carbocycles. The van der Waals surface area contributed by atoms with E-state index in [9.17, 15) is 0 Å². The molecule has 2 heterocycles. The highest BCUT2D eigenvalue weighted by atomic mass is 35.5. The molecule has 1 aliphatic heterocycles. The SMILES string of the molecule is COCCc1nsc(N2CCC(Oc3ccc(Cl)c(Cl)c3)C2)n1. The van der Waals surface area contributed by atoms with Crippen molar-refractivity contribution in [3.63, 3.8) is 0 Å². The molecule has 23 heavy (non-hydrogen) atoms. The van der Waals surface area contributed by atoms with Gasteiger partial charge in [0.05, 0.1) is 23.2 Å². The summed E-state index contributed by atoms with van der Waals surface area (Å²) in [6.07, 6.45) is 1.79. The lowest BCUT2D eigenvalue weighted by atomic mass is 10.3. The maximum absolute atomic E-state index is 6.02. The van der Waals surface area contributed by atoms with Crippen LogP contribution in [0, 0.1) is 0 Å². The summed E-state index contributed by atoms with van der Waals surface area (Å²) in [5.74, 6) is 1.57. The summed E-state index contributed by atoms with van der Waals surface area (Å²) in [5, 5.41) is 1.98. The van der Waals surface area contributed by atoms with Crippen molar-refractivity contribution in [1.29, 1.82) is 0 Å². The molecule has 124 valence electrons. The summed E-state index contributed by atoms with van der Waals surface area (Å²) in [4.78, 5) is 6.76. The quantitative estimate of drug-likeness (QED) is 0.772. The van der Waals surface area contributed by atoms with Crippen molar-refractivity contribution in [2.24, 2.45) is 0 Å². The van der Waals surface area contributed by atoms with Crippen molar-refractivity contribution in [3.05, 3.63) is 34.1 Å². The van der Waals surface area contributed by atoms with Crippen LogP contribution in [0.1, 0.15) is 12.2 Å². The normalized spacial score (nSPS) is 17.7. The molecule has 0 radical (unpaired) electrons. The average molecular weight is 374 g/mol. The van der Waals surface area contributed by atoms with Crippen molar-refractivity contribution < 1.29 is 9.47 Å². The van der Waals surface area contributed by atoms with Crippen LogP contribution in [0.4, 0.5) is 5.13 Å². The van der Waals surface area contributed by atoms with Crippen molar-refractivity contribution in [3.8, 4) is 5.75 Å². The van der Waals surface area contributed by atoms with Gasteiger partial charge in [-0.1, -0.05) is 23.2 Å². The molecule has 0 N–H and O–H groups in total. The molecule has 1 aliphatic rings. The van der Waals surface area contributed by atoms with Gasteiger partial charge in [-0.15, -0.1) is 0 Å². The third-order valence-corrected chi connectivity index (χ3v) is 5.15. The number of aromatic nitrogens is 2. The molecule has 0 bridgehead atoms. The zero-order chi connectivity index (χ0) is 16.2. The Morgan fingerprint density at radius 1 is 1.35 bits per heavy atom. The van der Waals surface area contributed by atoms with Gasteiger partial charge in [-0.2, -0.15) is 4.37 Å². The van der Waals surface area contributed by atoms with Gasteiger partial charge in [0.25, 0.3) is 0 Å². The summed E-state index contributed by atoms with van der Waals surface area (Å²) in [6.45, 7) is 2.34. The number of halogens is 2. The highest BCUT2D eigenvalue weighted by Gasteiger charge is 2.26. The van der Waals surface area contributed by atoms with Gasteiger partial charge in [-0.25, -0.2) is 4.98 Å². The van der Waals surface area contributed by atoms with E-state index in [4.69, 9.17) is 32.7 Å². The number of hydrogen-bond donors (Lipinski definition) is 0. The summed E-state index contributed by atoms with van der Waals surface area (Å²) < 4.78 is 15.4. The van der Waals surface area contributed by atoms with E-state index in [2.05, 4.69) is 14.3 Å². The highest BCUT2D eigenvalue weighted by molar-refractivity contribution is 7.09. The monoisotopic (exact) mass is 373 g/mol. The summed E-state index contributed by atoms with van der Waals surface area (Å²) >= 11 is 13.4. The van der Waals surface area contributed by atoms with Gasteiger partial charge in [0, 0.05) is 44.1 Å².